The van der Waals surface area contributed by atoms with Crippen LogP contribution in [-0.2, 0) is 6.54 Å². The van der Waals surface area contributed by atoms with E-state index in [2.05, 4.69) is 40.5 Å². The first kappa shape index (κ1) is 14.5. The van der Waals surface area contributed by atoms with Gasteiger partial charge >= 0.3 is 0 Å². The van der Waals surface area contributed by atoms with Crippen LogP contribution in [0.2, 0.25) is 0 Å². The van der Waals surface area contributed by atoms with E-state index in [1.165, 1.54) is 10.8 Å². The summed E-state index contributed by atoms with van der Waals surface area (Å²) >= 11 is 0. The van der Waals surface area contributed by atoms with Gasteiger partial charge in [-0.3, -0.25) is 9.89 Å². The van der Waals surface area contributed by atoms with Gasteiger partial charge in [0.05, 0.1) is 5.52 Å². The number of benzene rings is 3. The van der Waals surface area contributed by atoms with Crippen LogP contribution in [0.3, 0.4) is 0 Å². The molecule has 1 amide bonds. The highest BCUT2D eigenvalue weighted by molar-refractivity contribution is 6.04. The maximum absolute atomic E-state index is 12.7. The zero-order valence-corrected chi connectivity index (χ0v) is 13.4. The third kappa shape index (κ3) is 2.52. The first-order chi connectivity index (χ1) is 11.7. The fourth-order valence-corrected chi connectivity index (χ4v) is 2.99. The minimum Gasteiger partial charge on any atom is -0.336 e. The number of H-pyrrole nitrogens is 1. The second-order valence-corrected chi connectivity index (χ2v) is 5.96. The highest BCUT2D eigenvalue weighted by atomic mass is 16.2. The lowest BCUT2D eigenvalue weighted by molar-refractivity contribution is 0.0781. The molecule has 0 bridgehead atoms. The molecule has 0 saturated heterocycles. The van der Waals surface area contributed by atoms with E-state index < -0.39 is 0 Å². The Labute approximate surface area is 139 Å². The van der Waals surface area contributed by atoms with Gasteiger partial charge in [-0.15, -0.1) is 0 Å². The Hall–Kier alpha value is -3.14. The lowest BCUT2D eigenvalue weighted by Crippen LogP contribution is -2.26. The van der Waals surface area contributed by atoms with Gasteiger partial charge in [0, 0.05) is 19.0 Å². The van der Waals surface area contributed by atoms with E-state index in [4.69, 9.17) is 0 Å². The van der Waals surface area contributed by atoms with Gasteiger partial charge in [-0.2, -0.15) is 5.10 Å². The summed E-state index contributed by atoms with van der Waals surface area (Å²) in [6.07, 6.45) is 0. The Morgan fingerprint density at radius 1 is 1.00 bits per heavy atom. The normalized spacial score (nSPS) is 11.0. The summed E-state index contributed by atoms with van der Waals surface area (Å²) in [4.78, 5) is 14.4. The Morgan fingerprint density at radius 2 is 1.75 bits per heavy atom. The number of amides is 1. The number of hydrogen-bond donors (Lipinski definition) is 1. The van der Waals surface area contributed by atoms with Crippen LogP contribution in [0.15, 0.2) is 66.7 Å². The standard InChI is InChI=1S/C20H17N3O/c1-23(13-14-10-11-15-6-2-3-7-16(15)12-14)20(24)19-17-8-4-5-9-18(17)21-22-19/h2-12H,13H2,1H3,(H,21,22). The summed E-state index contributed by atoms with van der Waals surface area (Å²) < 4.78 is 0. The molecular formula is C20H17N3O. The maximum atomic E-state index is 12.7. The molecule has 4 nitrogen and oxygen atoms in total. The molecule has 0 fully saturated rings. The number of nitrogens with one attached hydrogen (secondary N) is 1. The summed E-state index contributed by atoms with van der Waals surface area (Å²) in [5.74, 6) is -0.0828. The summed E-state index contributed by atoms with van der Waals surface area (Å²) in [7, 11) is 1.81. The van der Waals surface area contributed by atoms with Gasteiger partial charge in [0.15, 0.2) is 5.69 Å². The Morgan fingerprint density at radius 3 is 2.62 bits per heavy atom. The minimum atomic E-state index is -0.0828. The third-order valence-electron chi connectivity index (χ3n) is 4.25. The van der Waals surface area contributed by atoms with E-state index in [0.717, 1.165) is 16.5 Å². The molecule has 3 aromatic carbocycles. The highest BCUT2D eigenvalue weighted by Crippen LogP contribution is 2.19. The highest BCUT2D eigenvalue weighted by Gasteiger charge is 2.18. The molecule has 0 aliphatic carbocycles. The molecule has 24 heavy (non-hydrogen) atoms. The number of rotatable bonds is 3. The molecule has 0 aliphatic heterocycles. The van der Waals surface area contributed by atoms with Crippen molar-refractivity contribution in [2.45, 2.75) is 6.54 Å². The quantitative estimate of drug-likeness (QED) is 0.621. The number of aromatic amines is 1. The number of para-hydroxylation sites is 1. The van der Waals surface area contributed by atoms with Gasteiger partial charge in [0.2, 0.25) is 0 Å². The van der Waals surface area contributed by atoms with E-state index >= 15 is 0 Å². The van der Waals surface area contributed by atoms with Crippen molar-refractivity contribution in [3.63, 3.8) is 0 Å². The van der Waals surface area contributed by atoms with Crippen LogP contribution >= 0.6 is 0 Å². The maximum Gasteiger partial charge on any atom is 0.275 e. The SMILES string of the molecule is CN(Cc1ccc2ccccc2c1)C(=O)c1n[nH]c2ccccc12. The van der Waals surface area contributed by atoms with Crippen molar-refractivity contribution in [2.75, 3.05) is 7.05 Å². The fourth-order valence-electron chi connectivity index (χ4n) is 2.99. The predicted molar refractivity (Wildman–Crippen MR) is 95.8 cm³/mol. The zero-order chi connectivity index (χ0) is 16.5. The van der Waals surface area contributed by atoms with Crippen LogP contribution in [-0.4, -0.2) is 28.1 Å². The van der Waals surface area contributed by atoms with Crippen LogP contribution in [0.1, 0.15) is 16.1 Å². The summed E-state index contributed by atoms with van der Waals surface area (Å²) in [6, 6.07) is 22.2. The second-order valence-electron chi connectivity index (χ2n) is 5.96. The molecule has 0 radical (unpaired) electrons. The zero-order valence-electron chi connectivity index (χ0n) is 13.4. The summed E-state index contributed by atoms with van der Waals surface area (Å²) in [5.41, 5.74) is 2.44. The van der Waals surface area contributed by atoms with Crippen LogP contribution in [0.5, 0.6) is 0 Å². The molecule has 0 atom stereocenters. The molecule has 0 spiro atoms. The number of fused-ring (bicyclic) bond motifs is 2. The molecule has 1 aromatic heterocycles. The van der Waals surface area contributed by atoms with E-state index in [9.17, 15) is 4.79 Å². The van der Waals surface area contributed by atoms with E-state index in [1.54, 1.807) is 11.9 Å². The van der Waals surface area contributed by atoms with E-state index in [-0.39, 0.29) is 5.91 Å². The van der Waals surface area contributed by atoms with E-state index in [0.29, 0.717) is 12.2 Å². The Kier molecular flexibility index (Phi) is 3.50. The molecule has 4 heteroatoms. The molecule has 1 heterocycles. The molecule has 4 aromatic rings. The number of nitrogens with zero attached hydrogens (tertiary/aromatic N) is 2. The molecule has 0 saturated carbocycles. The van der Waals surface area contributed by atoms with Gasteiger partial charge in [-0.25, -0.2) is 0 Å². The average molecular weight is 315 g/mol. The van der Waals surface area contributed by atoms with Crippen molar-refractivity contribution < 1.29 is 4.79 Å². The van der Waals surface area contributed by atoms with Crippen molar-refractivity contribution in [2.24, 2.45) is 0 Å². The van der Waals surface area contributed by atoms with Crippen molar-refractivity contribution in [1.29, 1.82) is 0 Å². The fraction of sp³-hybridized carbons (Fsp3) is 0.100. The van der Waals surface area contributed by atoms with Gasteiger partial charge in [-0.05, 0) is 28.5 Å². The molecule has 118 valence electrons. The molecule has 0 aliphatic rings. The van der Waals surface area contributed by atoms with Crippen molar-refractivity contribution in [3.8, 4) is 0 Å². The smallest absolute Gasteiger partial charge is 0.275 e. The first-order valence-corrected chi connectivity index (χ1v) is 7.88. The van der Waals surface area contributed by atoms with Gasteiger partial charge < -0.3 is 4.90 Å². The van der Waals surface area contributed by atoms with Crippen LogP contribution in [0, 0.1) is 0 Å². The second kappa shape index (κ2) is 5.81. The van der Waals surface area contributed by atoms with Gasteiger partial charge in [-0.1, -0.05) is 54.6 Å². The van der Waals surface area contributed by atoms with Crippen molar-refractivity contribution >= 4 is 27.6 Å². The average Bonchev–Trinajstić information content (AvgIpc) is 3.05. The predicted octanol–water partition coefficient (Wildman–Crippen LogP) is 3.99. The van der Waals surface area contributed by atoms with Crippen LogP contribution < -0.4 is 0 Å². The third-order valence-corrected chi connectivity index (χ3v) is 4.25. The molecule has 0 unspecified atom stereocenters. The number of carbonyl (C=O) groups excluding carboxylic acids is 1. The number of hydrogen-bond acceptors (Lipinski definition) is 2. The number of carbonyl (C=O) groups is 1. The van der Waals surface area contributed by atoms with Crippen LogP contribution in [0.25, 0.3) is 21.7 Å². The van der Waals surface area contributed by atoms with Crippen molar-refractivity contribution in [1.82, 2.24) is 15.1 Å². The number of aromatic nitrogens is 2. The minimum absolute atomic E-state index is 0.0828. The topological polar surface area (TPSA) is 49.0 Å². The largest absolute Gasteiger partial charge is 0.336 e. The summed E-state index contributed by atoms with van der Waals surface area (Å²) in [5, 5.41) is 10.3. The summed E-state index contributed by atoms with van der Waals surface area (Å²) in [6.45, 7) is 0.546. The van der Waals surface area contributed by atoms with Crippen LogP contribution in [0.4, 0.5) is 0 Å². The van der Waals surface area contributed by atoms with Gasteiger partial charge in [0.1, 0.15) is 0 Å². The first-order valence-electron chi connectivity index (χ1n) is 7.88. The monoisotopic (exact) mass is 315 g/mol. The lowest BCUT2D eigenvalue weighted by Gasteiger charge is -2.16. The molecule has 1 N–H and O–H groups in total. The van der Waals surface area contributed by atoms with Crippen molar-refractivity contribution in [3.05, 3.63) is 78.0 Å². The lowest BCUT2D eigenvalue weighted by atomic mass is 10.1. The van der Waals surface area contributed by atoms with E-state index in [1.807, 2.05) is 36.4 Å². The molecular weight excluding hydrogens is 298 g/mol. The van der Waals surface area contributed by atoms with Gasteiger partial charge in [0.25, 0.3) is 5.91 Å². The molecule has 4 rings (SSSR count). The Balaban J connectivity index is 1.60. The Bertz CT molecular complexity index is 1040.